The number of benzene rings is 1. The van der Waals surface area contributed by atoms with Crippen molar-refractivity contribution in [2.45, 2.75) is 32.7 Å². The van der Waals surface area contributed by atoms with Crippen LogP contribution in [0.25, 0.3) is 0 Å². The summed E-state index contributed by atoms with van der Waals surface area (Å²) in [6.07, 6.45) is 1.04. The molecule has 1 atom stereocenters. The summed E-state index contributed by atoms with van der Waals surface area (Å²) in [6.45, 7) is 3.56. The molecule has 0 aliphatic heterocycles. The van der Waals surface area contributed by atoms with Crippen molar-refractivity contribution in [3.05, 3.63) is 29.3 Å². The Morgan fingerprint density at radius 1 is 1.39 bits per heavy atom. The number of aryl methyl sites for hydroxylation is 1. The number of carboxylic acid groups (broad SMARTS) is 1. The predicted octanol–water partition coefficient (Wildman–Crippen LogP) is 1.68. The average molecular weight is 251 g/mol. The lowest BCUT2D eigenvalue weighted by Gasteiger charge is -2.13. The number of rotatable bonds is 5. The van der Waals surface area contributed by atoms with Crippen molar-refractivity contribution in [1.29, 1.82) is 0 Å². The van der Waals surface area contributed by atoms with Gasteiger partial charge in [0.2, 0.25) is 0 Å². The summed E-state index contributed by atoms with van der Waals surface area (Å²) in [5, 5.41) is 20.9. The highest BCUT2D eigenvalue weighted by Gasteiger charge is 2.19. The number of hydrogen-bond donors (Lipinski definition) is 3. The zero-order valence-electron chi connectivity index (χ0n) is 10.4. The molecule has 0 aromatic heterocycles. The molecule has 3 N–H and O–H groups in total. The molecule has 0 aliphatic carbocycles. The van der Waals surface area contributed by atoms with Crippen LogP contribution >= 0.6 is 0 Å². The van der Waals surface area contributed by atoms with E-state index in [-0.39, 0.29) is 11.3 Å². The van der Waals surface area contributed by atoms with Gasteiger partial charge in [-0.2, -0.15) is 0 Å². The molecule has 18 heavy (non-hydrogen) atoms. The molecule has 1 amide bonds. The number of phenols is 1. The maximum absolute atomic E-state index is 11.8. The number of hydrogen-bond acceptors (Lipinski definition) is 3. The van der Waals surface area contributed by atoms with E-state index in [2.05, 4.69) is 5.32 Å². The second-order valence-electron chi connectivity index (χ2n) is 4.15. The van der Waals surface area contributed by atoms with Gasteiger partial charge >= 0.3 is 5.97 Å². The molecule has 5 heteroatoms. The third kappa shape index (κ3) is 3.48. The lowest BCUT2D eigenvalue weighted by atomic mass is 10.1. The number of carboxylic acids is 1. The van der Waals surface area contributed by atoms with E-state index in [0.29, 0.717) is 18.4 Å². The number of carbonyl (C=O) groups excluding carboxylic acids is 1. The monoisotopic (exact) mass is 251 g/mol. The molecule has 0 bridgehead atoms. The van der Waals surface area contributed by atoms with Crippen LogP contribution < -0.4 is 5.32 Å². The first-order valence-corrected chi connectivity index (χ1v) is 5.79. The van der Waals surface area contributed by atoms with E-state index in [1.807, 2.05) is 6.92 Å². The van der Waals surface area contributed by atoms with E-state index in [1.165, 1.54) is 6.07 Å². The number of aliphatic carboxylic acids is 1. The molecule has 98 valence electrons. The summed E-state index contributed by atoms with van der Waals surface area (Å²) in [5.41, 5.74) is 0.912. The normalized spacial score (nSPS) is 11.9. The topological polar surface area (TPSA) is 86.6 Å². The Hall–Kier alpha value is -2.04. The lowest BCUT2D eigenvalue weighted by molar-refractivity contribution is -0.139. The van der Waals surface area contributed by atoms with E-state index in [4.69, 9.17) is 5.11 Å². The quantitative estimate of drug-likeness (QED) is 0.743. The van der Waals surface area contributed by atoms with Gasteiger partial charge in [-0.05, 0) is 31.0 Å². The molecule has 1 aromatic rings. The first-order valence-electron chi connectivity index (χ1n) is 5.79. The van der Waals surface area contributed by atoms with Crippen LogP contribution in [0.4, 0.5) is 0 Å². The van der Waals surface area contributed by atoms with Gasteiger partial charge in [0, 0.05) is 5.56 Å². The van der Waals surface area contributed by atoms with Crippen LogP contribution in [-0.2, 0) is 4.79 Å². The third-order valence-corrected chi connectivity index (χ3v) is 2.65. The van der Waals surface area contributed by atoms with Gasteiger partial charge in [0.15, 0.2) is 0 Å². The summed E-state index contributed by atoms with van der Waals surface area (Å²) in [6, 6.07) is 3.59. The van der Waals surface area contributed by atoms with Gasteiger partial charge in [0.25, 0.3) is 5.91 Å². The van der Waals surface area contributed by atoms with E-state index < -0.39 is 17.9 Å². The van der Waals surface area contributed by atoms with Crippen LogP contribution in [-0.4, -0.2) is 28.1 Å². The van der Waals surface area contributed by atoms with Crippen LogP contribution in [0, 0.1) is 6.92 Å². The van der Waals surface area contributed by atoms with Gasteiger partial charge < -0.3 is 15.5 Å². The standard InChI is InChI=1S/C13H17NO4/c1-3-4-10(13(17)18)14-12(16)9-6-5-8(2)11(15)7-9/h5-7,10,15H,3-4H2,1-2H3,(H,14,16)(H,17,18)/t10-/m0/s1. The van der Waals surface area contributed by atoms with E-state index in [0.717, 1.165) is 0 Å². The molecule has 1 rings (SSSR count). The minimum absolute atomic E-state index is 0.0185. The molecular formula is C13H17NO4. The van der Waals surface area contributed by atoms with Crippen molar-refractivity contribution >= 4 is 11.9 Å². The lowest BCUT2D eigenvalue weighted by Crippen LogP contribution is -2.40. The highest BCUT2D eigenvalue weighted by molar-refractivity contribution is 5.97. The van der Waals surface area contributed by atoms with E-state index in [9.17, 15) is 14.7 Å². The number of aromatic hydroxyl groups is 1. The van der Waals surface area contributed by atoms with Crippen LogP contribution in [0.3, 0.4) is 0 Å². The van der Waals surface area contributed by atoms with Crippen molar-refractivity contribution in [3.63, 3.8) is 0 Å². The van der Waals surface area contributed by atoms with Crippen molar-refractivity contribution in [2.24, 2.45) is 0 Å². The van der Waals surface area contributed by atoms with Crippen molar-refractivity contribution in [3.8, 4) is 5.75 Å². The van der Waals surface area contributed by atoms with Gasteiger partial charge in [0.05, 0.1) is 0 Å². The Kier molecular flexibility index (Phi) is 4.71. The first-order chi connectivity index (χ1) is 8.45. The smallest absolute Gasteiger partial charge is 0.326 e. The van der Waals surface area contributed by atoms with Gasteiger partial charge in [-0.15, -0.1) is 0 Å². The molecule has 5 nitrogen and oxygen atoms in total. The SMILES string of the molecule is CCC[C@H](NC(=O)c1ccc(C)c(O)c1)C(=O)O. The Morgan fingerprint density at radius 2 is 2.06 bits per heavy atom. The summed E-state index contributed by atoms with van der Waals surface area (Å²) in [7, 11) is 0. The first kappa shape index (κ1) is 14.0. The fourth-order valence-electron chi connectivity index (χ4n) is 1.54. The maximum atomic E-state index is 11.8. The maximum Gasteiger partial charge on any atom is 0.326 e. The average Bonchev–Trinajstić information content (AvgIpc) is 2.31. The van der Waals surface area contributed by atoms with E-state index in [1.54, 1.807) is 19.1 Å². The van der Waals surface area contributed by atoms with Crippen LogP contribution in [0.15, 0.2) is 18.2 Å². The molecule has 0 unspecified atom stereocenters. The Bertz CT molecular complexity index is 456. The van der Waals surface area contributed by atoms with Gasteiger partial charge in [-0.25, -0.2) is 4.79 Å². The number of nitrogens with one attached hydrogen (secondary N) is 1. The number of amides is 1. The summed E-state index contributed by atoms with van der Waals surface area (Å²) < 4.78 is 0. The van der Waals surface area contributed by atoms with Gasteiger partial charge in [-0.1, -0.05) is 19.4 Å². The molecule has 0 aliphatic rings. The molecule has 0 fully saturated rings. The number of phenolic OH excluding ortho intramolecular Hbond substituents is 1. The summed E-state index contributed by atoms with van der Waals surface area (Å²) in [4.78, 5) is 22.7. The largest absolute Gasteiger partial charge is 0.508 e. The molecular weight excluding hydrogens is 234 g/mol. The number of carbonyl (C=O) groups is 2. The van der Waals surface area contributed by atoms with Crippen LogP contribution in [0.5, 0.6) is 5.75 Å². The fourth-order valence-corrected chi connectivity index (χ4v) is 1.54. The molecule has 0 heterocycles. The van der Waals surface area contributed by atoms with Crippen molar-refractivity contribution < 1.29 is 19.8 Å². The third-order valence-electron chi connectivity index (χ3n) is 2.65. The minimum atomic E-state index is -1.05. The van der Waals surface area contributed by atoms with Gasteiger partial charge in [0.1, 0.15) is 11.8 Å². The molecule has 0 radical (unpaired) electrons. The zero-order chi connectivity index (χ0) is 13.7. The highest BCUT2D eigenvalue weighted by atomic mass is 16.4. The Balaban J connectivity index is 2.80. The summed E-state index contributed by atoms with van der Waals surface area (Å²) in [5.74, 6) is -1.53. The van der Waals surface area contributed by atoms with Gasteiger partial charge in [-0.3, -0.25) is 4.79 Å². The second-order valence-corrected chi connectivity index (χ2v) is 4.15. The molecule has 0 saturated carbocycles. The van der Waals surface area contributed by atoms with Crippen LogP contribution in [0.2, 0.25) is 0 Å². The second kappa shape index (κ2) is 6.05. The minimum Gasteiger partial charge on any atom is -0.508 e. The molecule has 1 aromatic carbocycles. The predicted molar refractivity (Wildman–Crippen MR) is 66.6 cm³/mol. The van der Waals surface area contributed by atoms with E-state index >= 15 is 0 Å². The molecule has 0 spiro atoms. The Labute approximate surface area is 105 Å². The Morgan fingerprint density at radius 3 is 2.56 bits per heavy atom. The van der Waals surface area contributed by atoms with Crippen molar-refractivity contribution in [2.75, 3.05) is 0 Å². The van der Waals surface area contributed by atoms with Crippen LogP contribution in [0.1, 0.15) is 35.7 Å². The van der Waals surface area contributed by atoms with Crippen molar-refractivity contribution in [1.82, 2.24) is 5.32 Å². The summed E-state index contributed by atoms with van der Waals surface area (Å²) >= 11 is 0. The zero-order valence-corrected chi connectivity index (χ0v) is 10.4. The highest BCUT2D eigenvalue weighted by Crippen LogP contribution is 2.17. The molecule has 0 saturated heterocycles. The fraction of sp³-hybridized carbons (Fsp3) is 0.385.